The van der Waals surface area contributed by atoms with Gasteiger partial charge in [0.25, 0.3) is 0 Å². The molecule has 6 heteroatoms. The molecule has 86 valence electrons. The zero-order valence-electron chi connectivity index (χ0n) is 8.78. The summed E-state index contributed by atoms with van der Waals surface area (Å²) in [5, 5.41) is 11.1. The molecule has 0 bridgehead atoms. The maximum absolute atomic E-state index is 11.2. The molecule has 1 atom stereocenters. The number of rotatable bonds is 7. The zero-order valence-corrected chi connectivity index (χ0v) is 9.60. The van der Waals surface area contributed by atoms with E-state index >= 15 is 0 Å². The van der Waals surface area contributed by atoms with Gasteiger partial charge in [-0.2, -0.15) is 11.8 Å². The van der Waals surface area contributed by atoms with Gasteiger partial charge in [-0.05, 0) is 13.2 Å². The lowest BCUT2D eigenvalue weighted by molar-refractivity contribution is -0.141. The number of hydrogen-bond acceptors (Lipinski definition) is 4. The Morgan fingerprint density at radius 2 is 1.93 bits per heavy atom. The fraction of sp³-hybridized carbons (Fsp3) is 0.667. The summed E-state index contributed by atoms with van der Waals surface area (Å²) in [4.78, 5) is 32.5. The summed E-state index contributed by atoms with van der Waals surface area (Å²) in [6, 6.07) is -0.876. The van der Waals surface area contributed by atoms with Gasteiger partial charge >= 0.3 is 5.97 Å². The van der Waals surface area contributed by atoms with Crippen molar-refractivity contribution in [1.82, 2.24) is 5.32 Å². The molecule has 0 rings (SSSR count). The van der Waals surface area contributed by atoms with Crippen LogP contribution < -0.4 is 5.32 Å². The summed E-state index contributed by atoms with van der Waals surface area (Å²) in [5.74, 6) is -1.21. The molecule has 0 aromatic heterocycles. The van der Waals surface area contributed by atoms with Crippen LogP contribution in [0.1, 0.15) is 19.8 Å². The molecule has 1 amide bonds. The highest BCUT2D eigenvalue weighted by atomic mass is 32.2. The largest absolute Gasteiger partial charge is 0.480 e. The second kappa shape index (κ2) is 7.28. The van der Waals surface area contributed by atoms with Crippen molar-refractivity contribution in [3.63, 3.8) is 0 Å². The van der Waals surface area contributed by atoms with Crippen LogP contribution in [0.25, 0.3) is 0 Å². The van der Waals surface area contributed by atoms with Gasteiger partial charge in [0.05, 0.1) is 0 Å². The molecular weight excluding hydrogens is 218 g/mol. The Hall–Kier alpha value is -1.04. The van der Waals surface area contributed by atoms with E-state index in [2.05, 4.69) is 5.32 Å². The van der Waals surface area contributed by atoms with Crippen LogP contribution in [-0.2, 0) is 14.4 Å². The molecule has 0 spiro atoms. The SMILES string of the molecule is CSCC(NC(=O)CCC(C)=O)C(=O)O. The Bertz CT molecular complexity index is 254. The van der Waals surface area contributed by atoms with Crippen molar-refractivity contribution in [3.8, 4) is 0 Å². The number of nitrogens with one attached hydrogen (secondary N) is 1. The topological polar surface area (TPSA) is 83.5 Å². The lowest BCUT2D eigenvalue weighted by atomic mass is 10.2. The number of amides is 1. The van der Waals surface area contributed by atoms with Crippen LogP contribution in [0.5, 0.6) is 0 Å². The van der Waals surface area contributed by atoms with Crippen LogP contribution in [0.4, 0.5) is 0 Å². The molecule has 0 saturated carbocycles. The van der Waals surface area contributed by atoms with E-state index in [9.17, 15) is 14.4 Å². The molecule has 0 aliphatic carbocycles. The Labute approximate surface area is 92.6 Å². The number of carbonyl (C=O) groups is 3. The predicted molar refractivity (Wildman–Crippen MR) is 57.9 cm³/mol. The average Bonchev–Trinajstić information content (AvgIpc) is 2.14. The van der Waals surface area contributed by atoms with Crippen molar-refractivity contribution in [3.05, 3.63) is 0 Å². The first kappa shape index (κ1) is 14.0. The molecule has 2 N–H and O–H groups in total. The van der Waals surface area contributed by atoms with Gasteiger partial charge in [-0.1, -0.05) is 0 Å². The van der Waals surface area contributed by atoms with Crippen molar-refractivity contribution in [2.75, 3.05) is 12.0 Å². The quantitative estimate of drug-likeness (QED) is 0.660. The molecule has 15 heavy (non-hydrogen) atoms. The fourth-order valence-corrected chi connectivity index (χ4v) is 1.46. The van der Waals surface area contributed by atoms with Crippen LogP contribution in [0, 0.1) is 0 Å². The standard InChI is InChI=1S/C9H15NO4S/c1-6(11)3-4-8(12)10-7(5-15-2)9(13)14/h7H,3-5H2,1-2H3,(H,10,12)(H,13,14). The normalized spacial score (nSPS) is 11.9. The molecule has 0 saturated heterocycles. The molecule has 5 nitrogen and oxygen atoms in total. The summed E-state index contributed by atoms with van der Waals surface area (Å²) in [6.45, 7) is 1.39. The van der Waals surface area contributed by atoms with Gasteiger partial charge in [0.2, 0.25) is 5.91 Å². The highest BCUT2D eigenvalue weighted by Gasteiger charge is 2.18. The van der Waals surface area contributed by atoms with Gasteiger partial charge in [-0.3, -0.25) is 4.79 Å². The van der Waals surface area contributed by atoms with E-state index in [1.165, 1.54) is 18.7 Å². The van der Waals surface area contributed by atoms with Crippen LogP contribution in [0.3, 0.4) is 0 Å². The minimum absolute atomic E-state index is 0.0491. The van der Waals surface area contributed by atoms with Crippen molar-refractivity contribution in [1.29, 1.82) is 0 Å². The lowest BCUT2D eigenvalue weighted by Crippen LogP contribution is -2.42. The van der Waals surface area contributed by atoms with Crippen molar-refractivity contribution >= 4 is 29.4 Å². The predicted octanol–water partition coefficient (Wildman–Crippen LogP) is 0.288. The first-order valence-electron chi connectivity index (χ1n) is 4.48. The van der Waals surface area contributed by atoms with Gasteiger partial charge in [0.1, 0.15) is 11.8 Å². The van der Waals surface area contributed by atoms with Crippen LogP contribution in [0.15, 0.2) is 0 Å². The van der Waals surface area contributed by atoms with Crippen molar-refractivity contribution < 1.29 is 19.5 Å². The van der Waals surface area contributed by atoms with E-state index in [0.717, 1.165) is 0 Å². The second-order valence-electron chi connectivity index (χ2n) is 3.12. The first-order valence-corrected chi connectivity index (χ1v) is 5.87. The number of carboxylic acids is 1. The summed E-state index contributed by atoms with van der Waals surface area (Å²) in [7, 11) is 0. The molecule has 0 radical (unpaired) electrons. The number of ketones is 1. The van der Waals surface area contributed by atoms with Gasteiger partial charge in [0, 0.05) is 18.6 Å². The van der Waals surface area contributed by atoms with E-state index in [1.807, 2.05) is 0 Å². The number of hydrogen-bond donors (Lipinski definition) is 2. The van der Waals surface area contributed by atoms with E-state index in [-0.39, 0.29) is 18.6 Å². The van der Waals surface area contributed by atoms with E-state index in [1.54, 1.807) is 6.26 Å². The molecule has 0 aliphatic heterocycles. The Kier molecular flexibility index (Phi) is 6.77. The Balaban J connectivity index is 3.99. The van der Waals surface area contributed by atoms with Crippen molar-refractivity contribution in [2.24, 2.45) is 0 Å². The number of carbonyl (C=O) groups excluding carboxylic acids is 2. The number of Topliss-reactive ketones (excluding diaryl/α,β-unsaturated/α-hetero) is 1. The molecule has 0 aromatic rings. The van der Waals surface area contributed by atoms with Crippen LogP contribution >= 0.6 is 11.8 Å². The zero-order chi connectivity index (χ0) is 11.8. The maximum Gasteiger partial charge on any atom is 0.327 e. The minimum atomic E-state index is -1.06. The van der Waals surface area contributed by atoms with Gasteiger partial charge in [-0.15, -0.1) is 0 Å². The molecule has 0 aromatic carbocycles. The molecule has 1 unspecified atom stereocenters. The van der Waals surface area contributed by atoms with Gasteiger partial charge in [-0.25, -0.2) is 4.79 Å². The third kappa shape index (κ3) is 6.96. The minimum Gasteiger partial charge on any atom is -0.480 e. The second-order valence-corrected chi connectivity index (χ2v) is 4.03. The van der Waals surface area contributed by atoms with E-state index < -0.39 is 17.9 Å². The van der Waals surface area contributed by atoms with Crippen molar-refractivity contribution in [2.45, 2.75) is 25.8 Å². The monoisotopic (exact) mass is 233 g/mol. The van der Waals surface area contributed by atoms with Gasteiger partial charge < -0.3 is 15.2 Å². The number of carboxylic acid groups (broad SMARTS) is 1. The fourth-order valence-electron chi connectivity index (χ4n) is 0.897. The van der Waals surface area contributed by atoms with Gasteiger partial charge in [0.15, 0.2) is 0 Å². The molecule has 0 heterocycles. The Morgan fingerprint density at radius 1 is 1.33 bits per heavy atom. The smallest absolute Gasteiger partial charge is 0.327 e. The third-order valence-corrected chi connectivity index (χ3v) is 2.34. The highest BCUT2D eigenvalue weighted by molar-refractivity contribution is 7.98. The summed E-state index contributed by atoms with van der Waals surface area (Å²) in [5.41, 5.74) is 0. The third-order valence-electron chi connectivity index (χ3n) is 1.67. The summed E-state index contributed by atoms with van der Waals surface area (Å²) >= 11 is 1.34. The number of thioether (sulfide) groups is 1. The highest BCUT2D eigenvalue weighted by Crippen LogP contribution is 1.99. The average molecular weight is 233 g/mol. The molecule has 0 aliphatic rings. The maximum atomic E-state index is 11.2. The van der Waals surface area contributed by atoms with E-state index in [4.69, 9.17) is 5.11 Å². The molecule has 0 fully saturated rings. The lowest BCUT2D eigenvalue weighted by Gasteiger charge is -2.12. The first-order chi connectivity index (χ1) is 6.97. The van der Waals surface area contributed by atoms with E-state index in [0.29, 0.717) is 5.75 Å². The molecular formula is C9H15NO4S. The van der Waals surface area contributed by atoms with Crippen LogP contribution in [-0.4, -0.2) is 40.8 Å². The summed E-state index contributed by atoms with van der Waals surface area (Å²) < 4.78 is 0. The Morgan fingerprint density at radius 3 is 2.33 bits per heavy atom. The van der Waals surface area contributed by atoms with Crippen LogP contribution in [0.2, 0.25) is 0 Å². The number of aliphatic carboxylic acids is 1. The summed E-state index contributed by atoms with van der Waals surface area (Å²) in [6.07, 6.45) is 1.96.